The number of methoxy groups -OCH3 is 1. The lowest BCUT2D eigenvalue weighted by Gasteiger charge is -2.12. The Kier molecular flexibility index (Phi) is 6.41. The number of ether oxygens (including phenoxy) is 3. The van der Waals surface area contributed by atoms with Gasteiger partial charge in [-0.05, 0) is 13.0 Å². The summed E-state index contributed by atoms with van der Waals surface area (Å²) in [6.07, 6.45) is 0.0204. The zero-order valence-corrected chi connectivity index (χ0v) is 11.8. The van der Waals surface area contributed by atoms with E-state index in [0.29, 0.717) is 0 Å². The summed E-state index contributed by atoms with van der Waals surface area (Å²) in [5, 5.41) is 20.0. The monoisotopic (exact) mass is 299 g/mol. The zero-order valence-electron chi connectivity index (χ0n) is 11.8. The number of aliphatic hydroxyl groups excluding tert-OH is 1. The summed E-state index contributed by atoms with van der Waals surface area (Å²) in [7, 11) is 1.38. The van der Waals surface area contributed by atoms with Gasteiger partial charge in [0.25, 0.3) is 5.69 Å². The van der Waals surface area contributed by atoms with Gasteiger partial charge < -0.3 is 19.3 Å². The Bertz CT molecular complexity index is 515. The topological polar surface area (TPSA) is 108 Å². The molecule has 8 nitrogen and oxygen atoms in total. The molecular weight excluding hydrogens is 282 g/mol. The summed E-state index contributed by atoms with van der Waals surface area (Å²) in [6, 6.07) is 2.49. The van der Waals surface area contributed by atoms with Crippen LogP contribution in [0.15, 0.2) is 12.1 Å². The molecule has 0 bridgehead atoms. The highest BCUT2D eigenvalue weighted by atomic mass is 16.6. The first-order valence-electron chi connectivity index (χ1n) is 6.28. The highest BCUT2D eigenvalue weighted by Gasteiger charge is 2.19. The van der Waals surface area contributed by atoms with Crippen LogP contribution in [0.1, 0.15) is 18.9 Å². The van der Waals surface area contributed by atoms with Crippen molar-refractivity contribution in [2.75, 3.05) is 20.3 Å². The number of nitro groups is 1. The highest BCUT2D eigenvalue weighted by Crippen LogP contribution is 2.34. The number of esters is 1. The van der Waals surface area contributed by atoms with Gasteiger partial charge in [-0.15, -0.1) is 0 Å². The number of rotatable bonds is 8. The summed E-state index contributed by atoms with van der Waals surface area (Å²) in [6.45, 7) is 1.48. The molecule has 21 heavy (non-hydrogen) atoms. The Balaban J connectivity index is 2.87. The first-order chi connectivity index (χ1) is 10.0. The predicted molar refractivity (Wildman–Crippen MR) is 72.3 cm³/mol. The molecule has 1 aromatic rings. The lowest BCUT2D eigenvalue weighted by atomic mass is 10.1. The van der Waals surface area contributed by atoms with Crippen molar-refractivity contribution in [1.29, 1.82) is 0 Å². The first-order valence-corrected chi connectivity index (χ1v) is 6.28. The number of benzene rings is 1. The first kappa shape index (κ1) is 16.7. The van der Waals surface area contributed by atoms with E-state index >= 15 is 0 Å². The Hall–Kier alpha value is -2.35. The molecule has 0 aliphatic rings. The SMILES string of the molecule is CCOC(=O)CCOc1cc([N+](=O)[O-])c(CO)cc1OC. The van der Waals surface area contributed by atoms with Gasteiger partial charge in [-0.2, -0.15) is 0 Å². The maximum atomic E-state index is 11.2. The smallest absolute Gasteiger partial charge is 0.309 e. The number of hydrogen-bond donors (Lipinski definition) is 1. The van der Waals surface area contributed by atoms with E-state index in [1.54, 1.807) is 6.92 Å². The third-order valence-electron chi connectivity index (χ3n) is 2.60. The van der Waals surface area contributed by atoms with Crippen LogP contribution in [0.3, 0.4) is 0 Å². The summed E-state index contributed by atoms with van der Waals surface area (Å²) in [5.41, 5.74) is -0.154. The van der Waals surface area contributed by atoms with Crippen molar-refractivity contribution < 1.29 is 29.0 Å². The molecule has 0 aromatic heterocycles. The number of nitrogens with zero attached hydrogens (tertiary/aromatic N) is 1. The Morgan fingerprint density at radius 1 is 1.38 bits per heavy atom. The van der Waals surface area contributed by atoms with Gasteiger partial charge in [0.05, 0.1) is 49.9 Å². The second kappa shape index (κ2) is 8.05. The normalized spacial score (nSPS) is 10.0. The average Bonchev–Trinajstić information content (AvgIpc) is 2.46. The van der Waals surface area contributed by atoms with Gasteiger partial charge in [-0.3, -0.25) is 14.9 Å². The number of nitro benzene ring substituents is 1. The van der Waals surface area contributed by atoms with Gasteiger partial charge in [-0.25, -0.2) is 0 Å². The van der Waals surface area contributed by atoms with Gasteiger partial charge in [0.2, 0.25) is 0 Å². The molecule has 0 amide bonds. The Morgan fingerprint density at radius 2 is 2.10 bits per heavy atom. The highest BCUT2D eigenvalue weighted by molar-refractivity contribution is 5.69. The molecular formula is C13H17NO7. The fourth-order valence-electron chi connectivity index (χ4n) is 1.64. The Morgan fingerprint density at radius 3 is 2.62 bits per heavy atom. The van der Waals surface area contributed by atoms with E-state index in [4.69, 9.17) is 19.3 Å². The van der Waals surface area contributed by atoms with Crippen LogP contribution in [0.25, 0.3) is 0 Å². The van der Waals surface area contributed by atoms with Crippen LogP contribution in [-0.4, -0.2) is 36.3 Å². The average molecular weight is 299 g/mol. The number of hydrogen-bond acceptors (Lipinski definition) is 7. The van der Waals surface area contributed by atoms with Crippen molar-refractivity contribution in [3.8, 4) is 11.5 Å². The largest absolute Gasteiger partial charge is 0.493 e. The van der Waals surface area contributed by atoms with Crippen molar-refractivity contribution in [2.45, 2.75) is 20.0 Å². The van der Waals surface area contributed by atoms with Gasteiger partial charge in [0.1, 0.15) is 0 Å². The van der Waals surface area contributed by atoms with Gasteiger partial charge in [0, 0.05) is 0 Å². The van der Waals surface area contributed by atoms with Crippen LogP contribution in [0.4, 0.5) is 5.69 Å². The molecule has 1 N–H and O–H groups in total. The van der Waals surface area contributed by atoms with Crippen LogP contribution >= 0.6 is 0 Å². The van der Waals surface area contributed by atoms with E-state index in [9.17, 15) is 14.9 Å². The van der Waals surface area contributed by atoms with Gasteiger partial charge in [-0.1, -0.05) is 0 Å². The molecule has 0 heterocycles. The maximum Gasteiger partial charge on any atom is 0.309 e. The summed E-state index contributed by atoms with van der Waals surface area (Å²) in [4.78, 5) is 21.5. The molecule has 1 aromatic carbocycles. The molecule has 0 unspecified atom stereocenters. The molecule has 0 aliphatic carbocycles. The standard InChI is InChI=1S/C13H17NO7/c1-3-20-13(16)4-5-21-12-7-10(14(17)18)9(8-15)6-11(12)19-2/h6-7,15H,3-5,8H2,1-2H3. The molecule has 0 fully saturated rings. The fourth-order valence-corrected chi connectivity index (χ4v) is 1.64. The third kappa shape index (κ3) is 4.60. The maximum absolute atomic E-state index is 11.2. The van der Waals surface area contributed by atoms with E-state index in [1.165, 1.54) is 13.2 Å². The van der Waals surface area contributed by atoms with Crippen molar-refractivity contribution >= 4 is 11.7 Å². The summed E-state index contributed by atoms with van der Waals surface area (Å²) < 4.78 is 15.1. The van der Waals surface area contributed by atoms with E-state index in [0.717, 1.165) is 6.07 Å². The predicted octanol–water partition coefficient (Wildman–Crippen LogP) is 1.43. The number of carbonyl (C=O) groups is 1. The van der Waals surface area contributed by atoms with Gasteiger partial charge in [0.15, 0.2) is 11.5 Å². The minimum atomic E-state index is -0.622. The second-order valence-electron chi connectivity index (χ2n) is 3.95. The Labute approximate surface area is 121 Å². The molecule has 116 valence electrons. The minimum absolute atomic E-state index is 0.00478. The molecule has 8 heteroatoms. The third-order valence-corrected chi connectivity index (χ3v) is 2.60. The van der Waals surface area contributed by atoms with Crippen molar-refractivity contribution in [3.63, 3.8) is 0 Å². The van der Waals surface area contributed by atoms with Crippen molar-refractivity contribution in [3.05, 3.63) is 27.8 Å². The summed E-state index contributed by atoms with van der Waals surface area (Å²) >= 11 is 0. The molecule has 0 saturated heterocycles. The van der Waals surface area contributed by atoms with Crippen molar-refractivity contribution in [1.82, 2.24) is 0 Å². The second-order valence-corrected chi connectivity index (χ2v) is 3.95. The van der Waals surface area contributed by atoms with E-state index in [2.05, 4.69) is 0 Å². The van der Waals surface area contributed by atoms with Crippen LogP contribution < -0.4 is 9.47 Å². The summed E-state index contributed by atoms with van der Waals surface area (Å²) in [5.74, 6) is -0.0443. The molecule has 1 rings (SSSR count). The van der Waals surface area contributed by atoms with Crippen molar-refractivity contribution in [2.24, 2.45) is 0 Å². The van der Waals surface area contributed by atoms with Crippen LogP contribution in [0.2, 0.25) is 0 Å². The quantitative estimate of drug-likeness (QED) is 0.439. The van der Waals surface area contributed by atoms with E-state index < -0.39 is 17.5 Å². The molecule has 0 radical (unpaired) electrons. The molecule has 0 saturated carbocycles. The van der Waals surface area contributed by atoms with Gasteiger partial charge >= 0.3 is 5.97 Å². The molecule has 0 aliphatic heterocycles. The van der Waals surface area contributed by atoms with Crippen LogP contribution in [0.5, 0.6) is 11.5 Å². The molecule has 0 spiro atoms. The lowest BCUT2D eigenvalue weighted by Crippen LogP contribution is -2.10. The minimum Gasteiger partial charge on any atom is -0.493 e. The van der Waals surface area contributed by atoms with Crippen LogP contribution in [-0.2, 0) is 16.1 Å². The fraction of sp³-hybridized carbons (Fsp3) is 0.462. The molecule has 0 atom stereocenters. The van der Waals surface area contributed by atoms with Crippen LogP contribution in [0, 0.1) is 10.1 Å². The van der Waals surface area contributed by atoms with E-state index in [1.807, 2.05) is 0 Å². The zero-order chi connectivity index (χ0) is 15.8. The number of carbonyl (C=O) groups excluding carboxylic acids is 1. The van der Waals surface area contributed by atoms with E-state index in [-0.39, 0.29) is 42.4 Å². The number of aliphatic hydroxyl groups is 1. The lowest BCUT2D eigenvalue weighted by molar-refractivity contribution is -0.385.